The lowest BCUT2D eigenvalue weighted by atomic mass is 10.1. The highest BCUT2D eigenvalue weighted by atomic mass is 32.1. The zero-order valence-electron chi connectivity index (χ0n) is 15.8. The first-order chi connectivity index (χ1) is 13.7. The number of fused-ring (bicyclic) bond motifs is 1. The zero-order chi connectivity index (χ0) is 19.3. The number of hydrogen-bond acceptors (Lipinski definition) is 4. The van der Waals surface area contributed by atoms with Gasteiger partial charge >= 0.3 is 0 Å². The minimum atomic E-state index is 0.0351. The van der Waals surface area contributed by atoms with Gasteiger partial charge in [-0.15, -0.1) is 11.3 Å². The van der Waals surface area contributed by atoms with Crippen LogP contribution in [0.5, 0.6) is 0 Å². The Morgan fingerprint density at radius 3 is 2.86 bits per heavy atom. The smallest absolute Gasteiger partial charge is 0.225 e. The summed E-state index contributed by atoms with van der Waals surface area (Å²) >= 11 is 1.57. The van der Waals surface area contributed by atoms with Crippen molar-refractivity contribution in [2.75, 3.05) is 6.54 Å². The van der Waals surface area contributed by atoms with Crippen molar-refractivity contribution in [1.82, 2.24) is 24.3 Å². The fraction of sp³-hybridized carbons (Fsp3) is 0.286. The lowest BCUT2D eigenvalue weighted by Crippen LogP contribution is -2.27. The number of carbonyl (C=O) groups is 1. The second kappa shape index (κ2) is 8.39. The standard InChI is InChI=1S/C21H23N5OS/c1-2-16-4-6-17(7-5-16)19-13-26-18(14-28-21(26)24-19)12-20(27)23-8-3-10-25-11-9-22-15-25/h4-7,9,11,13-15H,2-3,8,10,12H2,1H3,(H,23,27). The average molecular weight is 394 g/mol. The summed E-state index contributed by atoms with van der Waals surface area (Å²) in [6, 6.07) is 8.50. The first-order valence-electron chi connectivity index (χ1n) is 9.50. The third-order valence-corrected chi connectivity index (χ3v) is 5.65. The third kappa shape index (κ3) is 4.14. The maximum atomic E-state index is 12.3. The monoisotopic (exact) mass is 393 g/mol. The molecular formula is C21H23N5OS. The molecule has 7 heteroatoms. The maximum absolute atomic E-state index is 12.3. The van der Waals surface area contributed by atoms with Crippen LogP contribution in [0, 0.1) is 0 Å². The zero-order valence-corrected chi connectivity index (χ0v) is 16.7. The van der Waals surface area contributed by atoms with Gasteiger partial charge in [0.2, 0.25) is 5.91 Å². The van der Waals surface area contributed by atoms with Crippen LogP contribution in [0.15, 0.2) is 54.6 Å². The van der Waals surface area contributed by atoms with Crippen LogP contribution in [0.25, 0.3) is 16.2 Å². The Balaban J connectivity index is 1.37. The van der Waals surface area contributed by atoms with Crippen molar-refractivity contribution in [3.8, 4) is 11.3 Å². The van der Waals surface area contributed by atoms with Crippen molar-refractivity contribution in [3.63, 3.8) is 0 Å². The van der Waals surface area contributed by atoms with Gasteiger partial charge in [0.05, 0.1) is 18.4 Å². The molecule has 0 radical (unpaired) electrons. The van der Waals surface area contributed by atoms with Crippen molar-refractivity contribution in [3.05, 3.63) is 65.8 Å². The number of benzene rings is 1. The van der Waals surface area contributed by atoms with E-state index in [-0.39, 0.29) is 5.91 Å². The number of aromatic nitrogens is 4. The molecule has 0 aliphatic heterocycles. The Morgan fingerprint density at radius 1 is 1.25 bits per heavy atom. The number of aryl methyl sites for hydroxylation is 2. The summed E-state index contributed by atoms with van der Waals surface area (Å²) in [5, 5.41) is 5.01. The van der Waals surface area contributed by atoms with E-state index in [1.54, 1.807) is 23.9 Å². The van der Waals surface area contributed by atoms with Crippen molar-refractivity contribution in [1.29, 1.82) is 0 Å². The van der Waals surface area contributed by atoms with Crippen LogP contribution in [0.3, 0.4) is 0 Å². The van der Waals surface area contributed by atoms with Crippen molar-refractivity contribution < 1.29 is 4.79 Å². The molecule has 0 bridgehead atoms. The Hall–Kier alpha value is -2.93. The fourth-order valence-corrected chi connectivity index (χ4v) is 4.02. The summed E-state index contributed by atoms with van der Waals surface area (Å²) in [4.78, 5) is 21.9. The second-order valence-electron chi connectivity index (χ2n) is 6.74. The lowest BCUT2D eigenvalue weighted by molar-refractivity contribution is -0.120. The van der Waals surface area contributed by atoms with Gasteiger partial charge in [0.1, 0.15) is 0 Å². The Labute approximate surface area is 167 Å². The Bertz CT molecular complexity index is 1050. The van der Waals surface area contributed by atoms with Gasteiger partial charge in [-0.25, -0.2) is 9.97 Å². The highest BCUT2D eigenvalue weighted by Crippen LogP contribution is 2.24. The van der Waals surface area contributed by atoms with Crippen LogP contribution >= 0.6 is 11.3 Å². The molecule has 4 rings (SSSR count). The number of carbonyl (C=O) groups excluding carboxylic acids is 1. The summed E-state index contributed by atoms with van der Waals surface area (Å²) in [5.41, 5.74) is 4.32. The lowest BCUT2D eigenvalue weighted by Gasteiger charge is -2.05. The minimum Gasteiger partial charge on any atom is -0.356 e. The highest BCUT2D eigenvalue weighted by Gasteiger charge is 2.12. The Kier molecular flexibility index (Phi) is 5.53. The molecule has 0 spiro atoms. The van der Waals surface area contributed by atoms with E-state index in [0.29, 0.717) is 13.0 Å². The van der Waals surface area contributed by atoms with Gasteiger partial charge in [-0.05, 0) is 18.4 Å². The summed E-state index contributed by atoms with van der Waals surface area (Å²) < 4.78 is 4.04. The maximum Gasteiger partial charge on any atom is 0.225 e. The van der Waals surface area contributed by atoms with Gasteiger partial charge < -0.3 is 9.88 Å². The van der Waals surface area contributed by atoms with Crippen LogP contribution < -0.4 is 5.32 Å². The summed E-state index contributed by atoms with van der Waals surface area (Å²) in [5.74, 6) is 0.0351. The molecule has 144 valence electrons. The molecule has 1 N–H and O–H groups in total. The number of imidazole rings is 2. The molecule has 0 saturated heterocycles. The molecule has 0 fully saturated rings. The third-order valence-electron chi connectivity index (χ3n) is 4.76. The first-order valence-corrected chi connectivity index (χ1v) is 10.4. The number of rotatable bonds is 8. The van der Waals surface area contributed by atoms with Gasteiger partial charge in [0, 0.05) is 48.3 Å². The highest BCUT2D eigenvalue weighted by molar-refractivity contribution is 7.15. The molecule has 4 aromatic rings. The van der Waals surface area contributed by atoms with Crippen molar-refractivity contribution in [2.24, 2.45) is 0 Å². The molecule has 0 aliphatic rings. The summed E-state index contributed by atoms with van der Waals surface area (Å²) in [7, 11) is 0. The molecule has 3 heterocycles. The van der Waals surface area contributed by atoms with E-state index in [1.807, 2.05) is 26.7 Å². The van der Waals surface area contributed by atoms with Crippen LogP contribution in [-0.2, 0) is 24.2 Å². The Morgan fingerprint density at radius 2 is 2.11 bits per heavy atom. The summed E-state index contributed by atoms with van der Waals surface area (Å²) in [6.07, 6.45) is 9.76. The van der Waals surface area contributed by atoms with Gasteiger partial charge in [-0.2, -0.15) is 0 Å². The minimum absolute atomic E-state index is 0.0351. The van der Waals surface area contributed by atoms with E-state index >= 15 is 0 Å². The van der Waals surface area contributed by atoms with Gasteiger partial charge in [0.15, 0.2) is 4.96 Å². The molecule has 0 unspecified atom stereocenters. The quantitative estimate of drug-likeness (QED) is 0.466. The number of thiazole rings is 1. The van der Waals surface area contributed by atoms with Crippen LogP contribution in [0.4, 0.5) is 0 Å². The molecule has 0 atom stereocenters. The van der Waals surface area contributed by atoms with Crippen molar-refractivity contribution >= 4 is 22.2 Å². The SMILES string of the molecule is CCc1ccc(-c2cn3c(CC(=O)NCCCn4ccnc4)csc3n2)cc1. The first kappa shape index (κ1) is 18.4. The normalized spacial score (nSPS) is 11.2. The average Bonchev–Trinajstić information content (AvgIpc) is 3.44. The van der Waals surface area contributed by atoms with E-state index in [1.165, 1.54) is 5.56 Å². The van der Waals surface area contributed by atoms with Crippen LogP contribution in [0.1, 0.15) is 24.6 Å². The molecular weight excluding hydrogens is 370 g/mol. The van der Waals surface area contributed by atoms with E-state index in [2.05, 4.69) is 41.5 Å². The van der Waals surface area contributed by atoms with Gasteiger partial charge in [0.25, 0.3) is 0 Å². The van der Waals surface area contributed by atoms with Crippen molar-refractivity contribution in [2.45, 2.75) is 32.7 Å². The number of amides is 1. The molecule has 28 heavy (non-hydrogen) atoms. The van der Waals surface area contributed by atoms with Crippen LogP contribution in [0.2, 0.25) is 0 Å². The number of nitrogens with one attached hydrogen (secondary N) is 1. The predicted octanol–water partition coefficient (Wildman–Crippen LogP) is 3.57. The molecule has 1 amide bonds. The largest absolute Gasteiger partial charge is 0.356 e. The second-order valence-corrected chi connectivity index (χ2v) is 7.57. The molecule has 1 aromatic carbocycles. The number of hydrogen-bond donors (Lipinski definition) is 1. The van der Waals surface area contributed by atoms with E-state index < -0.39 is 0 Å². The van der Waals surface area contributed by atoms with E-state index in [0.717, 1.165) is 41.3 Å². The molecule has 6 nitrogen and oxygen atoms in total. The van der Waals surface area contributed by atoms with Gasteiger partial charge in [-0.1, -0.05) is 31.2 Å². The molecule has 0 saturated carbocycles. The van der Waals surface area contributed by atoms with E-state index in [9.17, 15) is 4.79 Å². The number of nitrogens with zero attached hydrogens (tertiary/aromatic N) is 4. The summed E-state index contributed by atoms with van der Waals surface area (Å²) in [6.45, 7) is 3.66. The molecule has 3 aromatic heterocycles. The van der Waals surface area contributed by atoms with Crippen LogP contribution in [-0.4, -0.2) is 31.4 Å². The van der Waals surface area contributed by atoms with E-state index in [4.69, 9.17) is 4.98 Å². The van der Waals surface area contributed by atoms with Gasteiger partial charge in [-0.3, -0.25) is 9.20 Å². The molecule has 0 aliphatic carbocycles. The predicted molar refractivity (Wildman–Crippen MR) is 111 cm³/mol. The topological polar surface area (TPSA) is 64.2 Å². The fourth-order valence-electron chi connectivity index (χ4n) is 3.14.